The molecular formula is C14H18N4S2. The molecular weight excluding hydrogens is 288 g/mol. The molecule has 1 atom stereocenters. The number of thiazole rings is 2. The molecule has 4 nitrogen and oxygen atoms in total. The van der Waals surface area contributed by atoms with Gasteiger partial charge in [0.2, 0.25) is 0 Å². The molecule has 20 heavy (non-hydrogen) atoms. The van der Waals surface area contributed by atoms with Gasteiger partial charge in [0.05, 0.1) is 17.4 Å². The smallest absolute Gasteiger partial charge is 0.194 e. The molecule has 3 heterocycles. The lowest BCUT2D eigenvalue weighted by Crippen LogP contribution is -2.19. The minimum absolute atomic E-state index is 0.262. The molecule has 0 amide bonds. The monoisotopic (exact) mass is 306 g/mol. The highest BCUT2D eigenvalue weighted by Gasteiger charge is 2.14. The normalized spacial score (nSPS) is 13.2. The van der Waals surface area contributed by atoms with Gasteiger partial charge in [-0.3, -0.25) is 4.40 Å². The highest BCUT2D eigenvalue weighted by atomic mass is 32.1. The van der Waals surface area contributed by atoms with Crippen molar-refractivity contribution in [1.82, 2.24) is 19.7 Å². The van der Waals surface area contributed by atoms with E-state index in [-0.39, 0.29) is 6.04 Å². The first-order chi connectivity index (χ1) is 9.56. The van der Waals surface area contributed by atoms with Crippen LogP contribution in [0.15, 0.2) is 10.8 Å². The lowest BCUT2D eigenvalue weighted by atomic mass is 10.3. The Morgan fingerprint density at radius 3 is 2.70 bits per heavy atom. The van der Waals surface area contributed by atoms with Crippen molar-refractivity contribution >= 4 is 27.6 Å². The average Bonchev–Trinajstić information content (AvgIpc) is 3.06. The maximum Gasteiger partial charge on any atom is 0.194 e. The number of nitrogens with one attached hydrogen (secondary N) is 1. The van der Waals surface area contributed by atoms with Gasteiger partial charge in [-0.1, -0.05) is 0 Å². The van der Waals surface area contributed by atoms with E-state index in [1.165, 1.54) is 11.4 Å². The lowest BCUT2D eigenvalue weighted by Gasteiger charge is -2.11. The first-order valence-corrected chi connectivity index (χ1v) is 8.39. The first-order valence-electron chi connectivity index (χ1n) is 6.63. The fraction of sp³-hybridized carbons (Fsp3) is 0.429. The number of hydrogen-bond donors (Lipinski definition) is 1. The predicted molar refractivity (Wildman–Crippen MR) is 84.6 cm³/mol. The molecule has 0 aromatic carbocycles. The highest BCUT2D eigenvalue weighted by molar-refractivity contribution is 7.15. The van der Waals surface area contributed by atoms with Gasteiger partial charge in [-0.05, 0) is 27.7 Å². The van der Waals surface area contributed by atoms with E-state index < -0.39 is 0 Å². The Morgan fingerprint density at radius 2 is 2.00 bits per heavy atom. The van der Waals surface area contributed by atoms with Crippen molar-refractivity contribution in [2.75, 3.05) is 0 Å². The maximum atomic E-state index is 4.62. The standard InChI is InChI=1S/C14H18N4S2/c1-8-6-19-13(16-8)11(4)15-5-12-10(3)17-14-18(12)9(2)7-20-14/h6-7,11,15H,5H2,1-4H3. The fourth-order valence-corrected chi connectivity index (χ4v) is 4.04. The molecule has 6 heteroatoms. The van der Waals surface area contributed by atoms with Crippen LogP contribution >= 0.6 is 22.7 Å². The molecule has 3 aromatic rings. The molecule has 0 aliphatic heterocycles. The van der Waals surface area contributed by atoms with Gasteiger partial charge in [0.15, 0.2) is 4.96 Å². The number of nitrogens with zero attached hydrogens (tertiary/aromatic N) is 3. The predicted octanol–water partition coefficient (Wildman–Crippen LogP) is 3.63. The summed E-state index contributed by atoms with van der Waals surface area (Å²) in [5.41, 5.74) is 4.70. The van der Waals surface area contributed by atoms with E-state index in [9.17, 15) is 0 Å². The van der Waals surface area contributed by atoms with E-state index in [0.29, 0.717) is 0 Å². The van der Waals surface area contributed by atoms with E-state index in [1.54, 1.807) is 22.7 Å². The van der Waals surface area contributed by atoms with Crippen molar-refractivity contribution in [3.05, 3.63) is 38.5 Å². The summed E-state index contributed by atoms with van der Waals surface area (Å²) in [5.74, 6) is 0. The summed E-state index contributed by atoms with van der Waals surface area (Å²) >= 11 is 3.41. The number of imidazole rings is 1. The number of rotatable bonds is 4. The minimum Gasteiger partial charge on any atom is -0.302 e. The van der Waals surface area contributed by atoms with Gasteiger partial charge in [-0.2, -0.15) is 0 Å². The molecule has 0 bridgehead atoms. The van der Waals surface area contributed by atoms with Gasteiger partial charge in [-0.15, -0.1) is 22.7 Å². The van der Waals surface area contributed by atoms with Gasteiger partial charge >= 0.3 is 0 Å². The number of fused-ring (bicyclic) bond motifs is 1. The molecule has 106 valence electrons. The van der Waals surface area contributed by atoms with Crippen LogP contribution in [0.2, 0.25) is 0 Å². The Labute approximate surface area is 126 Å². The molecule has 0 aliphatic carbocycles. The molecule has 0 fully saturated rings. The van der Waals surface area contributed by atoms with Crippen LogP contribution < -0.4 is 5.32 Å². The van der Waals surface area contributed by atoms with Crippen molar-refractivity contribution in [3.8, 4) is 0 Å². The maximum absolute atomic E-state index is 4.62. The Hall–Kier alpha value is -1.24. The van der Waals surface area contributed by atoms with Crippen LogP contribution in [0.1, 0.15) is 40.7 Å². The third-order valence-electron chi connectivity index (χ3n) is 3.41. The summed E-state index contributed by atoms with van der Waals surface area (Å²) in [6, 6.07) is 0.262. The van der Waals surface area contributed by atoms with Crippen LogP contribution in [0.5, 0.6) is 0 Å². The fourth-order valence-electron chi connectivity index (χ4n) is 2.28. The van der Waals surface area contributed by atoms with Crippen LogP contribution in [0.3, 0.4) is 0 Å². The van der Waals surface area contributed by atoms with Gasteiger partial charge in [0.25, 0.3) is 0 Å². The van der Waals surface area contributed by atoms with E-state index in [1.807, 2.05) is 6.92 Å². The molecule has 3 aromatic heterocycles. The summed E-state index contributed by atoms with van der Waals surface area (Å²) in [6.45, 7) is 9.21. The number of hydrogen-bond acceptors (Lipinski definition) is 5. The third-order valence-corrected chi connectivity index (χ3v) is 5.50. The summed E-state index contributed by atoms with van der Waals surface area (Å²) < 4.78 is 2.24. The van der Waals surface area contributed by atoms with Gasteiger partial charge < -0.3 is 5.32 Å². The van der Waals surface area contributed by atoms with Crippen molar-refractivity contribution < 1.29 is 0 Å². The largest absolute Gasteiger partial charge is 0.302 e. The SMILES string of the molecule is Cc1csc(C(C)NCc2c(C)nc3scc(C)n23)n1. The lowest BCUT2D eigenvalue weighted by molar-refractivity contribution is 0.560. The molecule has 1 unspecified atom stereocenters. The van der Waals surface area contributed by atoms with Crippen molar-refractivity contribution in [1.29, 1.82) is 0 Å². The molecule has 0 saturated heterocycles. The molecule has 3 rings (SSSR count). The minimum atomic E-state index is 0.262. The van der Waals surface area contributed by atoms with Gasteiger partial charge in [0.1, 0.15) is 5.01 Å². The van der Waals surface area contributed by atoms with Crippen LogP contribution in [-0.2, 0) is 6.54 Å². The van der Waals surface area contributed by atoms with Crippen molar-refractivity contribution in [2.45, 2.75) is 40.3 Å². The quantitative estimate of drug-likeness (QED) is 0.800. The highest BCUT2D eigenvalue weighted by Crippen LogP contribution is 2.22. The Morgan fingerprint density at radius 1 is 1.20 bits per heavy atom. The van der Waals surface area contributed by atoms with Crippen molar-refractivity contribution in [2.24, 2.45) is 0 Å². The zero-order chi connectivity index (χ0) is 14.3. The zero-order valence-corrected chi connectivity index (χ0v) is 13.7. The second-order valence-corrected chi connectivity index (χ2v) is 6.79. The third kappa shape index (κ3) is 2.39. The van der Waals surface area contributed by atoms with Crippen LogP contribution in [0.25, 0.3) is 4.96 Å². The molecule has 0 spiro atoms. The van der Waals surface area contributed by atoms with E-state index in [2.05, 4.69) is 51.2 Å². The first kappa shape index (κ1) is 13.7. The van der Waals surface area contributed by atoms with Gasteiger partial charge in [-0.25, -0.2) is 9.97 Å². The summed E-state index contributed by atoms with van der Waals surface area (Å²) in [6.07, 6.45) is 0. The number of aromatic nitrogens is 3. The molecule has 1 N–H and O–H groups in total. The van der Waals surface area contributed by atoms with E-state index in [0.717, 1.165) is 27.9 Å². The Balaban J connectivity index is 1.80. The van der Waals surface area contributed by atoms with Crippen LogP contribution in [0.4, 0.5) is 0 Å². The summed E-state index contributed by atoms with van der Waals surface area (Å²) in [4.78, 5) is 10.2. The average molecular weight is 306 g/mol. The second-order valence-electron chi connectivity index (χ2n) is 5.07. The number of aryl methyl sites for hydroxylation is 3. The zero-order valence-electron chi connectivity index (χ0n) is 12.1. The van der Waals surface area contributed by atoms with E-state index >= 15 is 0 Å². The van der Waals surface area contributed by atoms with Crippen LogP contribution in [0, 0.1) is 20.8 Å². The van der Waals surface area contributed by atoms with Gasteiger partial charge in [0, 0.05) is 28.7 Å². The van der Waals surface area contributed by atoms with E-state index in [4.69, 9.17) is 0 Å². The summed E-state index contributed by atoms with van der Waals surface area (Å²) in [5, 5.41) is 8.95. The van der Waals surface area contributed by atoms with Crippen LogP contribution in [-0.4, -0.2) is 14.4 Å². The van der Waals surface area contributed by atoms with Crippen molar-refractivity contribution in [3.63, 3.8) is 0 Å². The Kier molecular flexibility index (Phi) is 3.62. The molecule has 0 radical (unpaired) electrons. The molecule has 0 aliphatic rings. The summed E-state index contributed by atoms with van der Waals surface area (Å²) in [7, 11) is 0. The Bertz CT molecular complexity index is 738. The molecule has 0 saturated carbocycles. The second kappa shape index (κ2) is 5.27. The topological polar surface area (TPSA) is 42.2 Å².